The molecule has 1 aliphatic heterocycles. The molecule has 2 aromatic rings. The number of aromatic nitrogens is 1. The first-order valence-corrected chi connectivity index (χ1v) is 9.81. The summed E-state index contributed by atoms with van der Waals surface area (Å²) in [6.45, 7) is 4.92. The summed E-state index contributed by atoms with van der Waals surface area (Å²) in [5.41, 5.74) is 1.92. The maximum atomic E-state index is 12.5. The fraction of sp³-hybridized carbons (Fsp3) is 0.500. The van der Waals surface area contributed by atoms with Crippen molar-refractivity contribution in [3.63, 3.8) is 0 Å². The summed E-state index contributed by atoms with van der Waals surface area (Å²) in [5, 5.41) is 7.74. The number of halogens is 1. The van der Waals surface area contributed by atoms with Crippen LogP contribution in [0.1, 0.15) is 42.3 Å². The van der Waals surface area contributed by atoms with E-state index in [1.807, 2.05) is 25.1 Å². The van der Waals surface area contributed by atoms with Gasteiger partial charge in [-0.15, -0.1) is 0 Å². The van der Waals surface area contributed by atoms with E-state index < -0.39 is 0 Å². The molecule has 2 heterocycles. The lowest BCUT2D eigenvalue weighted by Crippen LogP contribution is -2.44. The van der Waals surface area contributed by atoms with Crippen LogP contribution in [0.4, 0.5) is 4.79 Å². The van der Waals surface area contributed by atoms with E-state index in [1.54, 1.807) is 11.9 Å². The lowest BCUT2D eigenvalue weighted by molar-refractivity contribution is 0.155. The van der Waals surface area contributed by atoms with Crippen LogP contribution in [0.25, 0.3) is 0 Å². The normalized spacial score (nSPS) is 16.1. The molecule has 1 fully saturated rings. The predicted octanol–water partition coefficient (Wildman–Crippen LogP) is 4.01. The third-order valence-electron chi connectivity index (χ3n) is 4.96. The Balaban J connectivity index is 1.62. The van der Waals surface area contributed by atoms with E-state index in [-0.39, 0.29) is 12.1 Å². The second-order valence-corrected chi connectivity index (χ2v) is 7.57. The molecule has 0 spiro atoms. The average molecular weight is 391 g/mol. The van der Waals surface area contributed by atoms with Gasteiger partial charge in [0, 0.05) is 24.7 Å². The van der Waals surface area contributed by atoms with Gasteiger partial charge < -0.3 is 14.7 Å². The highest BCUT2D eigenvalue weighted by Gasteiger charge is 2.23. The van der Waals surface area contributed by atoms with Crippen molar-refractivity contribution in [3.8, 4) is 0 Å². The van der Waals surface area contributed by atoms with Gasteiger partial charge in [0.2, 0.25) is 0 Å². The van der Waals surface area contributed by atoms with Crippen molar-refractivity contribution in [2.45, 2.75) is 38.8 Å². The highest BCUT2D eigenvalue weighted by atomic mass is 35.5. The molecule has 0 unspecified atom stereocenters. The van der Waals surface area contributed by atoms with Crippen molar-refractivity contribution in [3.05, 3.63) is 52.4 Å². The molecule has 1 aromatic heterocycles. The van der Waals surface area contributed by atoms with Gasteiger partial charge in [-0.1, -0.05) is 35.3 Å². The Labute approximate surface area is 165 Å². The fourth-order valence-electron chi connectivity index (χ4n) is 3.50. The molecule has 146 valence electrons. The van der Waals surface area contributed by atoms with E-state index in [0.717, 1.165) is 29.6 Å². The Kier molecular flexibility index (Phi) is 6.74. The van der Waals surface area contributed by atoms with Gasteiger partial charge in [0.05, 0.1) is 12.6 Å². The van der Waals surface area contributed by atoms with Crippen LogP contribution >= 0.6 is 11.6 Å². The maximum Gasteiger partial charge on any atom is 0.317 e. The Morgan fingerprint density at radius 3 is 2.63 bits per heavy atom. The SMILES string of the molecule is Cc1cc(CN(C)C(=O)NC[C@@H](c2ccc(Cl)cc2)N2CCCCC2)no1. The third-order valence-corrected chi connectivity index (χ3v) is 5.21. The van der Waals surface area contributed by atoms with Crippen LogP contribution in [0.3, 0.4) is 0 Å². The number of urea groups is 1. The number of likely N-dealkylation sites (tertiary alicyclic amines) is 1. The average Bonchev–Trinajstić information content (AvgIpc) is 3.08. The van der Waals surface area contributed by atoms with E-state index >= 15 is 0 Å². The summed E-state index contributed by atoms with van der Waals surface area (Å²) in [5.74, 6) is 0.742. The van der Waals surface area contributed by atoms with Gasteiger partial charge in [0.15, 0.2) is 0 Å². The van der Waals surface area contributed by atoms with Crippen LogP contribution in [0.5, 0.6) is 0 Å². The largest absolute Gasteiger partial charge is 0.361 e. The minimum Gasteiger partial charge on any atom is -0.361 e. The highest BCUT2D eigenvalue weighted by molar-refractivity contribution is 6.30. The third kappa shape index (κ3) is 5.47. The van der Waals surface area contributed by atoms with Gasteiger partial charge in [0.1, 0.15) is 11.5 Å². The summed E-state index contributed by atoms with van der Waals surface area (Å²) in [7, 11) is 1.76. The number of carbonyl (C=O) groups excluding carboxylic acids is 1. The highest BCUT2D eigenvalue weighted by Crippen LogP contribution is 2.25. The number of hydrogen-bond acceptors (Lipinski definition) is 4. The van der Waals surface area contributed by atoms with Crippen molar-refractivity contribution >= 4 is 17.6 Å². The van der Waals surface area contributed by atoms with Gasteiger partial charge in [-0.3, -0.25) is 4.90 Å². The topological polar surface area (TPSA) is 61.6 Å². The predicted molar refractivity (Wildman–Crippen MR) is 106 cm³/mol. The van der Waals surface area contributed by atoms with Crippen molar-refractivity contribution in [2.75, 3.05) is 26.7 Å². The molecule has 1 saturated heterocycles. The quantitative estimate of drug-likeness (QED) is 0.809. The molecule has 7 heteroatoms. The molecule has 6 nitrogen and oxygen atoms in total. The maximum absolute atomic E-state index is 12.5. The number of piperidine rings is 1. The van der Waals surface area contributed by atoms with Crippen molar-refractivity contribution in [1.82, 2.24) is 20.3 Å². The Morgan fingerprint density at radius 2 is 2.00 bits per heavy atom. The number of rotatable bonds is 6. The summed E-state index contributed by atoms with van der Waals surface area (Å²) in [6.07, 6.45) is 3.67. The van der Waals surface area contributed by atoms with Crippen molar-refractivity contribution < 1.29 is 9.32 Å². The van der Waals surface area contributed by atoms with E-state index in [2.05, 4.69) is 27.5 Å². The van der Waals surface area contributed by atoms with Gasteiger partial charge >= 0.3 is 6.03 Å². The molecule has 0 saturated carbocycles. The van der Waals surface area contributed by atoms with Crippen LogP contribution in [0, 0.1) is 6.92 Å². The molecule has 1 atom stereocenters. The first-order chi connectivity index (χ1) is 13.0. The number of nitrogens with zero attached hydrogens (tertiary/aromatic N) is 3. The minimum absolute atomic E-state index is 0.119. The molecular weight excluding hydrogens is 364 g/mol. The first-order valence-electron chi connectivity index (χ1n) is 9.43. The van der Waals surface area contributed by atoms with Crippen LogP contribution < -0.4 is 5.32 Å². The molecular formula is C20H27ClN4O2. The zero-order valence-corrected chi connectivity index (χ0v) is 16.7. The summed E-state index contributed by atoms with van der Waals surface area (Å²) >= 11 is 6.05. The van der Waals surface area contributed by atoms with Crippen LogP contribution in [-0.4, -0.2) is 47.7 Å². The molecule has 1 aromatic carbocycles. The number of benzene rings is 1. The summed E-state index contributed by atoms with van der Waals surface area (Å²) in [6, 6.07) is 9.80. The number of aryl methyl sites for hydroxylation is 1. The summed E-state index contributed by atoms with van der Waals surface area (Å²) < 4.78 is 5.06. The van der Waals surface area contributed by atoms with E-state index in [0.29, 0.717) is 13.1 Å². The van der Waals surface area contributed by atoms with Crippen LogP contribution in [0.2, 0.25) is 5.02 Å². The Morgan fingerprint density at radius 1 is 1.30 bits per heavy atom. The summed E-state index contributed by atoms with van der Waals surface area (Å²) in [4.78, 5) is 16.6. The number of nitrogens with one attached hydrogen (secondary N) is 1. The number of amides is 2. The molecule has 2 amide bonds. The van der Waals surface area contributed by atoms with E-state index in [4.69, 9.17) is 16.1 Å². The Hall–Kier alpha value is -2.05. The van der Waals surface area contributed by atoms with Crippen molar-refractivity contribution in [2.24, 2.45) is 0 Å². The Bertz CT molecular complexity index is 741. The molecule has 27 heavy (non-hydrogen) atoms. The molecule has 0 aliphatic carbocycles. The first kappa shape index (κ1) is 19.7. The van der Waals surface area contributed by atoms with Gasteiger partial charge in [-0.25, -0.2) is 4.79 Å². The zero-order valence-electron chi connectivity index (χ0n) is 15.9. The van der Waals surface area contributed by atoms with Crippen LogP contribution in [-0.2, 0) is 6.54 Å². The molecule has 1 N–H and O–H groups in total. The lowest BCUT2D eigenvalue weighted by Gasteiger charge is -2.35. The molecule has 1 aliphatic rings. The van der Waals surface area contributed by atoms with E-state index in [9.17, 15) is 4.79 Å². The van der Waals surface area contributed by atoms with Crippen LogP contribution in [0.15, 0.2) is 34.9 Å². The zero-order chi connectivity index (χ0) is 19.2. The molecule has 0 radical (unpaired) electrons. The standard InChI is InChI=1S/C20H27ClN4O2/c1-15-12-18(23-27-15)14-24(2)20(26)22-13-19(25-10-4-3-5-11-25)16-6-8-17(21)9-7-16/h6-9,12,19H,3-5,10-11,13-14H2,1-2H3,(H,22,26)/t19-/m0/s1. The second-order valence-electron chi connectivity index (χ2n) is 7.13. The van der Waals surface area contributed by atoms with Gasteiger partial charge in [-0.2, -0.15) is 0 Å². The van der Waals surface area contributed by atoms with Crippen molar-refractivity contribution in [1.29, 1.82) is 0 Å². The fourth-order valence-corrected chi connectivity index (χ4v) is 3.62. The number of hydrogen-bond donors (Lipinski definition) is 1. The van der Waals surface area contributed by atoms with Gasteiger partial charge in [-0.05, 0) is 50.6 Å². The number of carbonyl (C=O) groups is 1. The minimum atomic E-state index is -0.119. The van der Waals surface area contributed by atoms with E-state index in [1.165, 1.54) is 24.8 Å². The molecule has 0 bridgehead atoms. The second kappa shape index (κ2) is 9.24. The lowest BCUT2D eigenvalue weighted by atomic mass is 10.0. The molecule has 3 rings (SSSR count). The smallest absolute Gasteiger partial charge is 0.317 e. The monoisotopic (exact) mass is 390 g/mol. The van der Waals surface area contributed by atoms with Gasteiger partial charge in [0.25, 0.3) is 0 Å².